The predicted octanol–water partition coefficient (Wildman–Crippen LogP) is -0.210. The molecule has 0 aromatic heterocycles. The Morgan fingerprint density at radius 2 is 1.88 bits per heavy atom. The van der Waals surface area contributed by atoms with Crippen molar-refractivity contribution in [3.8, 4) is 6.07 Å². The van der Waals surface area contributed by atoms with Gasteiger partial charge in [-0.1, -0.05) is 0 Å². The van der Waals surface area contributed by atoms with E-state index in [0.29, 0.717) is 6.54 Å². The molecular weight excluding hydrogens is 202 g/mol. The van der Waals surface area contributed by atoms with Gasteiger partial charge in [-0.05, 0) is 19.1 Å². The Bertz CT molecular complexity index is 314. The van der Waals surface area contributed by atoms with E-state index < -0.39 is 0 Å². The van der Waals surface area contributed by atoms with Gasteiger partial charge in [-0.25, -0.2) is 0 Å². The molecule has 1 saturated heterocycles. The van der Waals surface area contributed by atoms with Crippen LogP contribution in [0.2, 0.25) is 0 Å². The fourth-order valence-corrected chi connectivity index (χ4v) is 1.59. The SMILES string of the molecule is C/C(N)=C/C=C(\N)N1CCN(CC#N)CC1. The first-order valence-corrected chi connectivity index (χ1v) is 5.37. The Morgan fingerprint density at radius 3 is 2.38 bits per heavy atom. The summed E-state index contributed by atoms with van der Waals surface area (Å²) in [6.45, 7) is 5.82. The van der Waals surface area contributed by atoms with E-state index in [1.807, 2.05) is 13.0 Å². The summed E-state index contributed by atoms with van der Waals surface area (Å²) in [5.74, 6) is 0.737. The zero-order chi connectivity index (χ0) is 12.0. The summed E-state index contributed by atoms with van der Waals surface area (Å²) in [6.07, 6.45) is 3.63. The number of nitriles is 1. The van der Waals surface area contributed by atoms with Crippen molar-refractivity contribution in [3.05, 3.63) is 23.7 Å². The molecule has 0 unspecified atom stereocenters. The standard InChI is InChI=1S/C11H19N5/c1-10(13)2-3-11(14)16-8-6-15(5-4-12)7-9-16/h2-3H,5-9,13-14H2,1H3/b10-2-,11-3+. The van der Waals surface area contributed by atoms with E-state index in [9.17, 15) is 0 Å². The van der Waals surface area contributed by atoms with Crippen molar-refractivity contribution < 1.29 is 0 Å². The van der Waals surface area contributed by atoms with Gasteiger partial charge in [-0.15, -0.1) is 0 Å². The van der Waals surface area contributed by atoms with Crippen LogP contribution >= 0.6 is 0 Å². The highest BCUT2D eigenvalue weighted by atomic mass is 15.3. The van der Waals surface area contributed by atoms with Gasteiger partial charge in [-0.3, -0.25) is 4.90 Å². The molecule has 0 amide bonds. The Morgan fingerprint density at radius 1 is 1.25 bits per heavy atom. The molecule has 5 nitrogen and oxygen atoms in total. The lowest BCUT2D eigenvalue weighted by Crippen LogP contribution is -2.47. The molecule has 0 spiro atoms. The highest BCUT2D eigenvalue weighted by molar-refractivity contribution is 5.12. The van der Waals surface area contributed by atoms with Crippen molar-refractivity contribution in [2.45, 2.75) is 6.92 Å². The Hall–Kier alpha value is -1.67. The van der Waals surface area contributed by atoms with E-state index >= 15 is 0 Å². The number of hydrogen-bond acceptors (Lipinski definition) is 5. The summed E-state index contributed by atoms with van der Waals surface area (Å²) in [5, 5.41) is 8.58. The fourth-order valence-electron chi connectivity index (χ4n) is 1.59. The van der Waals surface area contributed by atoms with Crippen LogP contribution in [0, 0.1) is 11.3 Å². The maximum Gasteiger partial charge on any atom is 0.0987 e. The van der Waals surface area contributed by atoms with Crippen LogP contribution in [-0.2, 0) is 0 Å². The third kappa shape index (κ3) is 3.83. The van der Waals surface area contributed by atoms with E-state index in [-0.39, 0.29) is 0 Å². The molecular formula is C11H19N5. The number of piperazine rings is 1. The molecule has 0 aromatic carbocycles. The zero-order valence-corrected chi connectivity index (χ0v) is 9.69. The first kappa shape index (κ1) is 12.4. The van der Waals surface area contributed by atoms with Crippen LogP contribution in [0.4, 0.5) is 0 Å². The van der Waals surface area contributed by atoms with Crippen LogP contribution in [0.3, 0.4) is 0 Å². The minimum Gasteiger partial charge on any atom is -0.402 e. The number of hydrogen-bond donors (Lipinski definition) is 2. The van der Waals surface area contributed by atoms with Gasteiger partial charge >= 0.3 is 0 Å². The minimum atomic E-state index is 0.499. The van der Waals surface area contributed by atoms with Crippen LogP contribution in [-0.4, -0.2) is 42.5 Å². The van der Waals surface area contributed by atoms with Gasteiger partial charge in [0, 0.05) is 31.9 Å². The molecule has 0 saturated carbocycles. The normalized spacial score (nSPS) is 19.6. The van der Waals surface area contributed by atoms with E-state index in [1.165, 1.54) is 0 Å². The van der Waals surface area contributed by atoms with Gasteiger partial charge in [0.05, 0.1) is 18.4 Å². The van der Waals surface area contributed by atoms with Crippen molar-refractivity contribution in [1.82, 2.24) is 9.80 Å². The molecule has 1 rings (SSSR count). The van der Waals surface area contributed by atoms with Crippen molar-refractivity contribution in [2.75, 3.05) is 32.7 Å². The van der Waals surface area contributed by atoms with E-state index in [2.05, 4.69) is 15.9 Å². The van der Waals surface area contributed by atoms with E-state index in [4.69, 9.17) is 16.7 Å². The molecule has 0 aromatic rings. The Kier molecular flexibility index (Phi) is 4.67. The summed E-state index contributed by atoms with van der Waals surface area (Å²) in [5.41, 5.74) is 12.2. The summed E-state index contributed by atoms with van der Waals surface area (Å²) in [7, 11) is 0. The Balaban J connectivity index is 2.45. The van der Waals surface area contributed by atoms with Gasteiger partial charge in [0.1, 0.15) is 0 Å². The molecule has 1 fully saturated rings. The summed E-state index contributed by atoms with van der Waals surface area (Å²) >= 11 is 0. The minimum absolute atomic E-state index is 0.499. The van der Waals surface area contributed by atoms with Gasteiger partial charge in [0.25, 0.3) is 0 Å². The topological polar surface area (TPSA) is 82.3 Å². The lowest BCUT2D eigenvalue weighted by molar-refractivity contribution is 0.172. The van der Waals surface area contributed by atoms with Gasteiger partial charge in [0.15, 0.2) is 0 Å². The Labute approximate surface area is 96.6 Å². The van der Waals surface area contributed by atoms with Crippen LogP contribution in [0.15, 0.2) is 23.7 Å². The van der Waals surface area contributed by atoms with E-state index in [1.54, 1.807) is 6.08 Å². The molecule has 1 heterocycles. The first-order valence-electron chi connectivity index (χ1n) is 5.37. The molecule has 0 aliphatic carbocycles. The molecule has 0 radical (unpaired) electrons. The zero-order valence-electron chi connectivity index (χ0n) is 9.69. The maximum absolute atomic E-state index is 8.58. The van der Waals surface area contributed by atoms with Crippen LogP contribution in [0.25, 0.3) is 0 Å². The summed E-state index contributed by atoms with van der Waals surface area (Å²) < 4.78 is 0. The monoisotopic (exact) mass is 221 g/mol. The van der Waals surface area contributed by atoms with Crippen LogP contribution in [0.1, 0.15) is 6.92 Å². The lowest BCUT2D eigenvalue weighted by atomic mass is 10.3. The highest BCUT2D eigenvalue weighted by Crippen LogP contribution is 2.05. The number of nitrogens with two attached hydrogens (primary N) is 2. The molecule has 16 heavy (non-hydrogen) atoms. The van der Waals surface area contributed by atoms with Crippen molar-refractivity contribution in [3.63, 3.8) is 0 Å². The fraction of sp³-hybridized carbons (Fsp3) is 0.545. The van der Waals surface area contributed by atoms with Crippen molar-refractivity contribution in [2.24, 2.45) is 11.5 Å². The lowest BCUT2D eigenvalue weighted by Gasteiger charge is -2.34. The first-order chi connectivity index (χ1) is 7.63. The average Bonchev–Trinajstić information content (AvgIpc) is 2.27. The summed E-state index contributed by atoms with van der Waals surface area (Å²) in [6, 6.07) is 2.16. The third-order valence-electron chi connectivity index (χ3n) is 2.55. The number of allylic oxidation sites excluding steroid dienone is 3. The van der Waals surface area contributed by atoms with Gasteiger partial charge in [0.2, 0.25) is 0 Å². The quantitative estimate of drug-likeness (QED) is 0.509. The summed E-state index contributed by atoms with van der Waals surface area (Å²) in [4.78, 5) is 4.22. The van der Waals surface area contributed by atoms with E-state index in [0.717, 1.165) is 37.7 Å². The van der Waals surface area contributed by atoms with Crippen molar-refractivity contribution >= 4 is 0 Å². The molecule has 4 N–H and O–H groups in total. The molecule has 1 aliphatic heterocycles. The second-order valence-electron chi connectivity index (χ2n) is 3.92. The molecule has 5 heteroatoms. The van der Waals surface area contributed by atoms with Crippen molar-refractivity contribution in [1.29, 1.82) is 5.26 Å². The number of rotatable bonds is 3. The van der Waals surface area contributed by atoms with Crippen LogP contribution in [0.5, 0.6) is 0 Å². The number of nitrogens with zero attached hydrogens (tertiary/aromatic N) is 3. The largest absolute Gasteiger partial charge is 0.402 e. The predicted molar refractivity (Wildman–Crippen MR) is 63.8 cm³/mol. The van der Waals surface area contributed by atoms with Gasteiger partial charge < -0.3 is 16.4 Å². The second-order valence-corrected chi connectivity index (χ2v) is 3.92. The highest BCUT2D eigenvalue weighted by Gasteiger charge is 2.16. The average molecular weight is 221 g/mol. The molecule has 0 bridgehead atoms. The van der Waals surface area contributed by atoms with Gasteiger partial charge in [-0.2, -0.15) is 5.26 Å². The second kappa shape index (κ2) is 6.03. The molecule has 0 atom stereocenters. The third-order valence-corrected chi connectivity index (χ3v) is 2.55. The molecule has 88 valence electrons. The smallest absolute Gasteiger partial charge is 0.0987 e. The maximum atomic E-state index is 8.58. The van der Waals surface area contributed by atoms with Crippen LogP contribution < -0.4 is 11.5 Å². The molecule has 1 aliphatic rings.